The zero-order chi connectivity index (χ0) is 18.1. The molecular weight excluding hydrogens is 292 g/mol. The minimum absolute atomic E-state index is 0.279. The third-order valence-electron chi connectivity index (χ3n) is 3.32. The molecule has 0 saturated carbocycles. The minimum atomic E-state index is -1.08. The number of esters is 1. The summed E-state index contributed by atoms with van der Waals surface area (Å²) < 4.78 is 10.9. The molecule has 23 heavy (non-hydrogen) atoms. The summed E-state index contributed by atoms with van der Waals surface area (Å²) in [6.07, 6.45) is 7.92. The molecule has 0 rings (SSSR count). The number of rotatable bonds is 10. The van der Waals surface area contributed by atoms with Crippen molar-refractivity contribution >= 4 is 5.97 Å². The third-order valence-corrected chi connectivity index (χ3v) is 3.32. The number of ether oxygens (including phenoxy) is 2. The summed E-state index contributed by atoms with van der Waals surface area (Å²) >= 11 is 0. The maximum atomic E-state index is 11.2. The molecule has 4 nitrogen and oxygen atoms in total. The Labute approximate surface area is 140 Å². The lowest BCUT2D eigenvalue weighted by Gasteiger charge is -2.24. The van der Waals surface area contributed by atoms with E-state index in [1.54, 1.807) is 6.92 Å². The Bertz CT molecular complexity index is 444. The molecule has 0 saturated heterocycles. The van der Waals surface area contributed by atoms with E-state index in [1.807, 2.05) is 45.9 Å². The number of hydrogen-bond donors (Lipinski definition) is 1. The molecule has 2 unspecified atom stereocenters. The summed E-state index contributed by atoms with van der Waals surface area (Å²) in [4.78, 5) is 11.2. The molecule has 0 aromatic rings. The van der Waals surface area contributed by atoms with Crippen molar-refractivity contribution in [3.63, 3.8) is 0 Å². The predicted molar refractivity (Wildman–Crippen MR) is 94.2 cm³/mol. The molecular formula is C19H32O4. The van der Waals surface area contributed by atoms with Gasteiger partial charge in [0.05, 0.1) is 11.2 Å². The molecule has 1 N–H and O–H groups in total. The molecule has 0 aromatic carbocycles. The van der Waals surface area contributed by atoms with Crippen LogP contribution in [-0.4, -0.2) is 35.0 Å². The Balaban J connectivity index is 4.86. The smallest absolute Gasteiger partial charge is 0.303 e. The lowest BCUT2D eigenvalue weighted by molar-refractivity contribution is -0.145. The average Bonchev–Trinajstić information content (AvgIpc) is 2.36. The Kier molecular flexibility index (Phi) is 9.10. The van der Waals surface area contributed by atoms with Crippen LogP contribution < -0.4 is 0 Å². The van der Waals surface area contributed by atoms with E-state index in [9.17, 15) is 9.90 Å². The van der Waals surface area contributed by atoms with E-state index in [2.05, 4.69) is 6.58 Å². The fourth-order valence-electron chi connectivity index (χ4n) is 2.17. The minimum Gasteiger partial charge on any atom is -0.458 e. The fraction of sp³-hybridized carbons (Fsp3) is 0.632. The van der Waals surface area contributed by atoms with Crippen LogP contribution in [-0.2, 0) is 14.3 Å². The molecule has 0 aliphatic heterocycles. The second-order valence-corrected chi connectivity index (χ2v) is 6.57. The van der Waals surface area contributed by atoms with E-state index in [-0.39, 0.29) is 18.0 Å². The lowest BCUT2D eigenvalue weighted by atomic mass is 9.97. The van der Waals surface area contributed by atoms with Gasteiger partial charge in [-0.15, -0.1) is 6.58 Å². The van der Waals surface area contributed by atoms with Crippen molar-refractivity contribution in [1.82, 2.24) is 0 Å². The summed E-state index contributed by atoms with van der Waals surface area (Å²) in [6, 6.07) is 0. The van der Waals surface area contributed by atoms with Gasteiger partial charge in [0, 0.05) is 20.0 Å². The van der Waals surface area contributed by atoms with E-state index in [4.69, 9.17) is 9.47 Å². The molecule has 0 spiro atoms. The number of allylic oxidation sites excluding steroid dienone is 2. The van der Waals surface area contributed by atoms with Crippen LogP contribution in [0.2, 0.25) is 0 Å². The molecule has 0 aromatic heterocycles. The maximum absolute atomic E-state index is 11.2. The summed E-state index contributed by atoms with van der Waals surface area (Å²) in [5.41, 5.74) is -0.319. The van der Waals surface area contributed by atoms with E-state index in [0.717, 1.165) is 12.0 Å². The zero-order valence-electron chi connectivity index (χ0n) is 15.4. The van der Waals surface area contributed by atoms with Crippen LogP contribution >= 0.6 is 0 Å². The van der Waals surface area contributed by atoms with Crippen molar-refractivity contribution in [2.45, 2.75) is 71.7 Å². The quantitative estimate of drug-likeness (QED) is 0.488. The van der Waals surface area contributed by atoms with Crippen LogP contribution in [0.15, 0.2) is 36.5 Å². The molecule has 4 heteroatoms. The van der Waals surface area contributed by atoms with Gasteiger partial charge in [0.2, 0.25) is 0 Å². The van der Waals surface area contributed by atoms with Gasteiger partial charge in [-0.05, 0) is 47.1 Å². The van der Waals surface area contributed by atoms with Crippen molar-refractivity contribution in [2.75, 3.05) is 6.61 Å². The predicted octanol–water partition coefficient (Wildman–Crippen LogP) is 3.95. The summed E-state index contributed by atoms with van der Waals surface area (Å²) in [7, 11) is 0. The molecule has 0 fully saturated rings. The average molecular weight is 324 g/mol. The molecule has 132 valence electrons. The Morgan fingerprint density at radius 2 is 1.91 bits per heavy atom. The fourth-order valence-corrected chi connectivity index (χ4v) is 2.17. The number of carbonyl (C=O) groups excluding carboxylic acids is 1. The van der Waals surface area contributed by atoms with Crippen LogP contribution in [0.25, 0.3) is 0 Å². The maximum Gasteiger partial charge on any atom is 0.303 e. The van der Waals surface area contributed by atoms with Crippen molar-refractivity contribution < 1.29 is 19.4 Å². The van der Waals surface area contributed by atoms with Gasteiger partial charge in [-0.3, -0.25) is 4.79 Å². The second-order valence-electron chi connectivity index (χ2n) is 6.57. The molecule has 0 aliphatic carbocycles. The highest BCUT2D eigenvalue weighted by Gasteiger charge is 2.23. The first-order chi connectivity index (χ1) is 10.5. The largest absolute Gasteiger partial charge is 0.458 e. The number of carbonyl (C=O) groups is 1. The Morgan fingerprint density at radius 3 is 2.39 bits per heavy atom. The summed E-state index contributed by atoms with van der Waals surface area (Å²) in [5.74, 6) is -0.369. The highest BCUT2D eigenvalue weighted by atomic mass is 16.5. The van der Waals surface area contributed by atoms with Crippen molar-refractivity contribution in [3.05, 3.63) is 36.5 Å². The zero-order valence-corrected chi connectivity index (χ0v) is 15.4. The van der Waals surface area contributed by atoms with E-state index < -0.39 is 11.7 Å². The van der Waals surface area contributed by atoms with Gasteiger partial charge in [0.25, 0.3) is 0 Å². The van der Waals surface area contributed by atoms with Gasteiger partial charge in [-0.25, -0.2) is 0 Å². The first-order valence-electron chi connectivity index (χ1n) is 8.03. The molecule has 0 amide bonds. The molecule has 0 aliphatic rings. The Hall–Kier alpha value is -1.39. The van der Waals surface area contributed by atoms with Crippen LogP contribution in [0.1, 0.15) is 54.4 Å². The normalized spacial score (nSPS) is 16.9. The standard InChI is InChI=1S/C19H32O4/c1-8-19(7,21)14-17(23-16(4)20)13-15(3)11-10-12-18(5,6)22-9-2/h8,10,12-13,17,21H,1,9,11,14H2,2-7H3. The van der Waals surface area contributed by atoms with E-state index >= 15 is 0 Å². The van der Waals surface area contributed by atoms with Crippen molar-refractivity contribution in [3.8, 4) is 0 Å². The SMILES string of the molecule is C=CC(C)(O)CC(C=C(C)CC=CC(C)(C)OCC)OC(C)=O. The molecule has 0 radical (unpaired) electrons. The van der Waals surface area contributed by atoms with Crippen molar-refractivity contribution in [1.29, 1.82) is 0 Å². The van der Waals surface area contributed by atoms with Gasteiger partial charge >= 0.3 is 5.97 Å². The lowest BCUT2D eigenvalue weighted by Crippen LogP contribution is -2.29. The van der Waals surface area contributed by atoms with Gasteiger partial charge in [-0.2, -0.15) is 0 Å². The second kappa shape index (κ2) is 9.68. The van der Waals surface area contributed by atoms with Crippen LogP contribution in [0.4, 0.5) is 0 Å². The van der Waals surface area contributed by atoms with Crippen LogP contribution in [0, 0.1) is 0 Å². The van der Waals surface area contributed by atoms with Crippen LogP contribution in [0.5, 0.6) is 0 Å². The Morgan fingerprint density at radius 1 is 1.30 bits per heavy atom. The summed E-state index contributed by atoms with van der Waals surface area (Å²) in [5, 5.41) is 10.1. The molecule has 0 heterocycles. The van der Waals surface area contributed by atoms with E-state index in [0.29, 0.717) is 6.61 Å². The number of hydrogen-bond acceptors (Lipinski definition) is 4. The first-order valence-corrected chi connectivity index (χ1v) is 8.03. The molecule has 2 atom stereocenters. The van der Waals surface area contributed by atoms with Gasteiger partial charge in [0.15, 0.2) is 0 Å². The van der Waals surface area contributed by atoms with Crippen LogP contribution in [0.3, 0.4) is 0 Å². The van der Waals surface area contributed by atoms with Gasteiger partial charge in [-0.1, -0.05) is 23.8 Å². The number of aliphatic hydroxyl groups is 1. The monoisotopic (exact) mass is 324 g/mol. The van der Waals surface area contributed by atoms with Gasteiger partial charge < -0.3 is 14.6 Å². The van der Waals surface area contributed by atoms with E-state index in [1.165, 1.54) is 13.0 Å². The van der Waals surface area contributed by atoms with Gasteiger partial charge in [0.1, 0.15) is 6.10 Å². The highest BCUT2D eigenvalue weighted by Crippen LogP contribution is 2.19. The first kappa shape index (κ1) is 21.6. The summed E-state index contributed by atoms with van der Waals surface area (Å²) in [6.45, 7) is 15.2. The third kappa shape index (κ3) is 10.9. The molecule has 0 bridgehead atoms. The van der Waals surface area contributed by atoms with Crippen molar-refractivity contribution in [2.24, 2.45) is 0 Å². The highest BCUT2D eigenvalue weighted by molar-refractivity contribution is 5.66. The topological polar surface area (TPSA) is 55.8 Å².